The molecule has 0 aromatic heterocycles. The van der Waals surface area contributed by atoms with E-state index in [2.05, 4.69) is 5.32 Å². The van der Waals surface area contributed by atoms with Crippen LogP contribution in [0.5, 0.6) is 5.75 Å². The first-order valence-electron chi connectivity index (χ1n) is 10.6. The van der Waals surface area contributed by atoms with E-state index in [9.17, 15) is 9.59 Å². The second-order valence-corrected chi connectivity index (χ2v) is 8.65. The summed E-state index contributed by atoms with van der Waals surface area (Å²) >= 11 is 6.08. The lowest BCUT2D eigenvalue weighted by atomic mass is 10.1. The number of rotatable bonds is 6. The molecule has 0 unspecified atom stereocenters. The van der Waals surface area contributed by atoms with Crippen LogP contribution in [0.3, 0.4) is 0 Å². The molecule has 31 heavy (non-hydrogen) atoms. The van der Waals surface area contributed by atoms with Gasteiger partial charge in [0.15, 0.2) is 6.10 Å². The van der Waals surface area contributed by atoms with Gasteiger partial charge in [0.25, 0.3) is 5.91 Å². The topological polar surface area (TPSA) is 67.9 Å². The van der Waals surface area contributed by atoms with Crippen molar-refractivity contribution in [1.29, 1.82) is 0 Å². The predicted molar refractivity (Wildman–Crippen MR) is 120 cm³/mol. The van der Waals surface area contributed by atoms with E-state index in [1.807, 2.05) is 38.1 Å². The lowest BCUT2D eigenvalue weighted by Crippen LogP contribution is -2.48. The van der Waals surface area contributed by atoms with Gasteiger partial charge in [-0.3, -0.25) is 9.59 Å². The molecule has 2 aromatic rings. The number of anilines is 1. The Morgan fingerprint density at radius 2 is 2.06 bits per heavy atom. The number of benzene rings is 2. The van der Waals surface area contributed by atoms with E-state index in [-0.39, 0.29) is 24.5 Å². The van der Waals surface area contributed by atoms with Crippen molar-refractivity contribution in [2.75, 3.05) is 25.0 Å². The highest BCUT2D eigenvalue weighted by Crippen LogP contribution is 2.32. The molecule has 2 aliphatic heterocycles. The van der Waals surface area contributed by atoms with Crippen LogP contribution in [0.1, 0.15) is 29.5 Å². The third kappa shape index (κ3) is 5.02. The Kier molecular flexibility index (Phi) is 6.49. The highest BCUT2D eigenvalue weighted by atomic mass is 35.5. The van der Waals surface area contributed by atoms with E-state index in [4.69, 9.17) is 21.1 Å². The molecule has 7 heteroatoms. The third-order valence-corrected chi connectivity index (χ3v) is 6.18. The molecular formula is C24H27ClN2O4. The Morgan fingerprint density at radius 3 is 2.84 bits per heavy atom. The fraction of sp³-hybridized carbons (Fsp3) is 0.417. The number of hydrogen-bond donors (Lipinski definition) is 1. The summed E-state index contributed by atoms with van der Waals surface area (Å²) in [5, 5.41) is 3.56. The summed E-state index contributed by atoms with van der Waals surface area (Å²) in [6.45, 7) is 4.97. The Bertz CT molecular complexity index is 988. The number of ether oxygens (including phenoxy) is 2. The fourth-order valence-corrected chi connectivity index (χ4v) is 4.27. The van der Waals surface area contributed by atoms with Crippen LogP contribution in [0, 0.1) is 13.8 Å². The van der Waals surface area contributed by atoms with Crippen molar-refractivity contribution < 1.29 is 19.1 Å². The summed E-state index contributed by atoms with van der Waals surface area (Å²) in [6, 6.07) is 11.1. The molecule has 2 aromatic carbocycles. The molecule has 2 amide bonds. The summed E-state index contributed by atoms with van der Waals surface area (Å²) in [7, 11) is 0. The highest BCUT2D eigenvalue weighted by Gasteiger charge is 2.35. The van der Waals surface area contributed by atoms with Crippen LogP contribution in [0.2, 0.25) is 5.02 Å². The lowest BCUT2D eigenvalue weighted by Gasteiger charge is -2.27. The van der Waals surface area contributed by atoms with Gasteiger partial charge in [-0.2, -0.15) is 0 Å². The molecule has 0 spiro atoms. The second-order valence-electron chi connectivity index (χ2n) is 8.21. The Balaban J connectivity index is 1.47. The highest BCUT2D eigenvalue weighted by molar-refractivity contribution is 6.30. The smallest absolute Gasteiger partial charge is 0.264 e. The number of halogens is 1. The number of hydrogen-bond acceptors (Lipinski definition) is 4. The van der Waals surface area contributed by atoms with Crippen LogP contribution in [-0.4, -0.2) is 48.6 Å². The minimum Gasteiger partial charge on any atom is -0.480 e. The van der Waals surface area contributed by atoms with Crippen molar-refractivity contribution in [2.24, 2.45) is 0 Å². The van der Waals surface area contributed by atoms with Crippen molar-refractivity contribution in [3.8, 4) is 5.75 Å². The summed E-state index contributed by atoms with van der Waals surface area (Å²) < 4.78 is 11.6. The van der Waals surface area contributed by atoms with E-state index >= 15 is 0 Å². The molecule has 0 bridgehead atoms. The predicted octanol–water partition coefficient (Wildman–Crippen LogP) is 3.91. The zero-order chi connectivity index (χ0) is 22.0. The number of aryl methyl sites for hydroxylation is 1. The van der Waals surface area contributed by atoms with Gasteiger partial charge in [-0.25, -0.2) is 0 Å². The SMILES string of the molecule is Cc1cccc(NC(=O)CN(C[C@H]2CCCO2)C(=O)[C@@H]2Cc3cc(Cl)ccc3O2)c1C. The first kappa shape index (κ1) is 21.7. The first-order valence-corrected chi connectivity index (χ1v) is 11.0. The van der Waals surface area contributed by atoms with E-state index in [0.717, 1.165) is 35.2 Å². The molecule has 2 aliphatic rings. The van der Waals surface area contributed by atoms with Gasteiger partial charge in [-0.1, -0.05) is 23.7 Å². The van der Waals surface area contributed by atoms with Gasteiger partial charge in [0, 0.05) is 30.3 Å². The largest absolute Gasteiger partial charge is 0.480 e. The van der Waals surface area contributed by atoms with E-state index in [0.29, 0.717) is 30.3 Å². The number of fused-ring (bicyclic) bond motifs is 1. The van der Waals surface area contributed by atoms with Crippen LogP contribution in [0.4, 0.5) is 5.69 Å². The minimum atomic E-state index is -0.664. The fourth-order valence-electron chi connectivity index (χ4n) is 4.07. The number of nitrogens with one attached hydrogen (secondary N) is 1. The number of nitrogens with zero attached hydrogens (tertiary/aromatic N) is 1. The van der Waals surface area contributed by atoms with Gasteiger partial charge < -0.3 is 19.7 Å². The Labute approximate surface area is 187 Å². The maximum Gasteiger partial charge on any atom is 0.264 e. The number of carbonyl (C=O) groups excluding carboxylic acids is 2. The van der Waals surface area contributed by atoms with Crippen molar-refractivity contribution >= 4 is 29.1 Å². The molecule has 0 radical (unpaired) electrons. The van der Waals surface area contributed by atoms with E-state index < -0.39 is 6.10 Å². The molecule has 0 aliphatic carbocycles. The molecule has 1 saturated heterocycles. The second kappa shape index (κ2) is 9.28. The first-order chi connectivity index (χ1) is 14.9. The van der Waals surface area contributed by atoms with Crippen molar-refractivity contribution in [1.82, 2.24) is 4.90 Å². The molecule has 1 fully saturated rings. The normalized spacial score (nSPS) is 19.6. The molecular weight excluding hydrogens is 416 g/mol. The summed E-state index contributed by atoms with van der Waals surface area (Å²) in [4.78, 5) is 27.7. The summed E-state index contributed by atoms with van der Waals surface area (Å²) in [5.41, 5.74) is 3.77. The minimum absolute atomic E-state index is 0.0525. The zero-order valence-corrected chi connectivity index (χ0v) is 18.6. The maximum absolute atomic E-state index is 13.3. The van der Waals surface area contributed by atoms with Gasteiger partial charge >= 0.3 is 0 Å². The quantitative estimate of drug-likeness (QED) is 0.736. The van der Waals surface area contributed by atoms with E-state index in [1.165, 1.54) is 0 Å². The van der Waals surface area contributed by atoms with Crippen molar-refractivity contribution in [2.45, 2.75) is 45.3 Å². The van der Waals surface area contributed by atoms with Gasteiger partial charge in [0.2, 0.25) is 5.91 Å². The molecule has 6 nitrogen and oxygen atoms in total. The Hall–Kier alpha value is -2.57. The van der Waals surface area contributed by atoms with Crippen molar-refractivity contribution in [3.63, 3.8) is 0 Å². The Morgan fingerprint density at radius 1 is 1.23 bits per heavy atom. The standard InChI is InChI=1S/C24H27ClN2O4/c1-15-5-3-7-20(16(15)2)26-23(28)14-27(13-19-6-4-10-30-19)24(29)22-12-17-11-18(25)8-9-21(17)31-22/h3,5,7-9,11,19,22H,4,6,10,12-14H2,1-2H3,(H,26,28)/t19-,22+/m1/s1. The zero-order valence-electron chi connectivity index (χ0n) is 17.8. The molecule has 2 heterocycles. The molecule has 2 atom stereocenters. The third-order valence-electron chi connectivity index (χ3n) is 5.95. The van der Waals surface area contributed by atoms with Crippen LogP contribution in [-0.2, 0) is 20.7 Å². The van der Waals surface area contributed by atoms with Crippen LogP contribution in [0.15, 0.2) is 36.4 Å². The van der Waals surface area contributed by atoms with Gasteiger partial charge in [0.1, 0.15) is 12.3 Å². The average molecular weight is 443 g/mol. The maximum atomic E-state index is 13.3. The number of carbonyl (C=O) groups is 2. The van der Waals surface area contributed by atoms with Crippen molar-refractivity contribution in [3.05, 3.63) is 58.1 Å². The summed E-state index contributed by atoms with van der Waals surface area (Å²) in [6.07, 6.45) is 1.56. The van der Waals surface area contributed by atoms with Crippen LogP contribution < -0.4 is 10.1 Å². The number of amides is 2. The van der Waals surface area contributed by atoms with Crippen LogP contribution >= 0.6 is 11.6 Å². The molecule has 4 rings (SSSR count). The van der Waals surface area contributed by atoms with Gasteiger partial charge in [0.05, 0.1) is 6.10 Å². The monoisotopic (exact) mass is 442 g/mol. The van der Waals surface area contributed by atoms with E-state index in [1.54, 1.807) is 17.0 Å². The molecule has 164 valence electrons. The lowest BCUT2D eigenvalue weighted by molar-refractivity contribution is -0.142. The molecule has 1 N–H and O–H groups in total. The van der Waals surface area contributed by atoms with Gasteiger partial charge in [-0.15, -0.1) is 0 Å². The molecule has 0 saturated carbocycles. The average Bonchev–Trinajstić information content (AvgIpc) is 3.39. The van der Waals surface area contributed by atoms with Crippen LogP contribution in [0.25, 0.3) is 0 Å². The van der Waals surface area contributed by atoms with Gasteiger partial charge in [-0.05, 0) is 67.6 Å². The summed E-state index contributed by atoms with van der Waals surface area (Å²) in [5.74, 6) is 0.220.